The van der Waals surface area contributed by atoms with Gasteiger partial charge in [-0.05, 0) is 42.3 Å². The number of rotatable bonds is 6. The van der Waals surface area contributed by atoms with E-state index >= 15 is 0 Å². The zero-order valence-corrected chi connectivity index (χ0v) is 16.8. The molecule has 5 nitrogen and oxygen atoms in total. The molecule has 0 spiro atoms. The van der Waals surface area contributed by atoms with Gasteiger partial charge < -0.3 is 15.1 Å². The van der Waals surface area contributed by atoms with Gasteiger partial charge >= 0.3 is 0 Å². The van der Waals surface area contributed by atoms with E-state index in [9.17, 15) is 19.8 Å². The quantitative estimate of drug-likeness (QED) is 0.587. The zero-order valence-electron chi connectivity index (χ0n) is 16.1. The highest BCUT2D eigenvalue weighted by Gasteiger charge is 2.51. The summed E-state index contributed by atoms with van der Waals surface area (Å²) < 4.78 is 0. The molecule has 3 aromatic carbocycles. The average Bonchev–Trinajstić information content (AvgIpc) is 2.94. The van der Waals surface area contributed by atoms with Gasteiger partial charge in [-0.2, -0.15) is 0 Å². The summed E-state index contributed by atoms with van der Waals surface area (Å²) in [6.07, 6.45) is 0.108. The third-order valence-corrected chi connectivity index (χ3v) is 5.62. The molecule has 30 heavy (non-hydrogen) atoms. The molecule has 1 atom stereocenters. The number of phenolic OH excluding ortho intramolecular Hbond substituents is 1. The Morgan fingerprint density at radius 2 is 1.70 bits per heavy atom. The van der Waals surface area contributed by atoms with Crippen molar-refractivity contribution in [1.82, 2.24) is 0 Å². The van der Waals surface area contributed by atoms with Crippen LogP contribution < -0.4 is 4.90 Å². The number of ketones is 1. The van der Waals surface area contributed by atoms with E-state index in [2.05, 4.69) is 0 Å². The molecule has 0 aliphatic carbocycles. The first kappa shape index (κ1) is 20.1. The fourth-order valence-electron chi connectivity index (χ4n) is 3.84. The molecule has 3 aromatic rings. The Bertz CT molecular complexity index is 1120. The molecule has 6 heteroatoms. The SMILES string of the molecule is O=C(C[C@]1(O)C(=O)N(CCc2ccccc2)c2ccc(Cl)cc21)c1ccccc1O. The van der Waals surface area contributed by atoms with Crippen molar-refractivity contribution in [3.8, 4) is 5.75 Å². The Labute approximate surface area is 179 Å². The molecular weight excluding hydrogens is 402 g/mol. The third-order valence-electron chi connectivity index (χ3n) is 5.38. The van der Waals surface area contributed by atoms with Gasteiger partial charge in [-0.3, -0.25) is 9.59 Å². The lowest BCUT2D eigenvalue weighted by Gasteiger charge is -2.23. The van der Waals surface area contributed by atoms with Crippen molar-refractivity contribution in [2.24, 2.45) is 0 Å². The van der Waals surface area contributed by atoms with Gasteiger partial charge in [0.2, 0.25) is 0 Å². The second kappa shape index (κ2) is 7.94. The fraction of sp³-hybridized carbons (Fsp3) is 0.167. The highest BCUT2D eigenvalue weighted by molar-refractivity contribution is 6.31. The van der Waals surface area contributed by atoms with E-state index in [1.54, 1.807) is 24.3 Å². The number of carbonyl (C=O) groups excluding carboxylic acids is 2. The van der Waals surface area contributed by atoms with Gasteiger partial charge in [0, 0.05) is 17.1 Å². The first-order chi connectivity index (χ1) is 14.4. The molecule has 1 amide bonds. The number of anilines is 1. The lowest BCUT2D eigenvalue weighted by Crippen LogP contribution is -2.42. The number of aromatic hydroxyl groups is 1. The van der Waals surface area contributed by atoms with E-state index in [1.807, 2.05) is 30.3 Å². The standard InChI is InChI=1S/C24H20ClNO4/c25-17-10-11-20-19(14-17)24(30,15-22(28)18-8-4-5-9-21(18)27)23(29)26(20)13-12-16-6-2-1-3-7-16/h1-11,14,27,30H,12-13,15H2/t24-/m1/s1. The maximum atomic E-state index is 13.3. The number of benzene rings is 3. The van der Waals surface area contributed by atoms with Gasteiger partial charge in [0.1, 0.15) is 5.75 Å². The first-order valence-corrected chi connectivity index (χ1v) is 9.97. The summed E-state index contributed by atoms with van der Waals surface area (Å²) in [6, 6.07) is 20.6. The summed E-state index contributed by atoms with van der Waals surface area (Å²) in [6.45, 7) is 0.352. The molecule has 2 N–H and O–H groups in total. The summed E-state index contributed by atoms with van der Waals surface area (Å²) in [7, 11) is 0. The molecule has 0 fully saturated rings. The van der Waals surface area contributed by atoms with Crippen molar-refractivity contribution in [1.29, 1.82) is 0 Å². The fourth-order valence-corrected chi connectivity index (χ4v) is 4.01. The zero-order chi connectivity index (χ0) is 21.3. The molecule has 152 valence electrons. The van der Waals surface area contributed by atoms with Crippen LogP contribution in [0.15, 0.2) is 72.8 Å². The largest absolute Gasteiger partial charge is 0.507 e. The average molecular weight is 422 g/mol. The van der Waals surface area contributed by atoms with Crippen LogP contribution in [0.3, 0.4) is 0 Å². The minimum Gasteiger partial charge on any atom is -0.507 e. The minimum atomic E-state index is -2.05. The summed E-state index contributed by atoms with van der Waals surface area (Å²) in [5.41, 5.74) is -0.0904. The second-order valence-corrected chi connectivity index (χ2v) is 7.77. The van der Waals surface area contributed by atoms with E-state index in [4.69, 9.17) is 11.6 Å². The Balaban J connectivity index is 1.66. The normalized spacial score (nSPS) is 17.8. The van der Waals surface area contributed by atoms with E-state index < -0.39 is 23.7 Å². The highest BCUT2D eigenvalue weighted by atomic mass is 35.5. The molecule has 1 aliphatic heterocycles. The van der Waals surface area contributed by atoms with Crippen LogP contribution in [-0.2, 0) is 16.8 Å². The van der Waals surface area contributed by atoms with Crippen molar-refractivity contribution in [3.05, 3.63) is 94.5 Å². The molecule has 0 aromatic heterocycles. The molecule has 0 saturated heterocycles. The van der Waals surface area contributed by atoms with Crippen LogP contribution in [-0.4, -0.2) is 28.4 Å². The van der Waals surface area contributed by atoms with Gasteiger partial charge in [0.25, 0.3) is 5.91 Å². The Morgan fingerprint density at radius 1 is 1.00 bits per heavy atom. The van der Waals surface area contributed by atoms with Crippen LogP contribution in [0.4, 0.5) is 5.69 Å². The van der Waals surface area contributed by atoms with Crippen molar-refractivity contribution in [2.45, 2.75) is 18.4 Å². The van der Waals surface area contributed by atoms with E-state index in [0.29, 0.717) is 29.2 Å². The summed E-state index contributed by atoms with van der Waals surface area (Å²) in [5, 5.41) is 21.7. The van der Waals surface area contributed by atoms with Gasteiger partial charge in [0.15, 0.2) is 11.4 Å². The number of halogens is 1. The number of para-hydroxylation sites is 1. The van der Waals surface area contributed by atoms with Gasteiger partial charge in [-0.25, -0.2) is 0 Å². The number of aliphatic hydroxyl groups is 1. The molecule has 0 saturated carbocycles. The second-order valence-electron chi connectivity index (χ2n) is 7.33. The number of carbonyl (C=O) groups is 2. The maximum absolute atomic E-state index is 13.3. The molecule has 0 bridgehead atoms. The van der Waals surface area contributed by atoms with E-state index in [0.717, 1.165) is 5.56 Å². The first-order valence-electron chi connectivity index (χ1n) is 9.59. The summed E-state index contributed by atoms with van der Waals surface area (Å²) in [5.74, 6) is -1.29. The monoisotopic (exact) mass is 421 g/mol. The van der Waals surface area contributed by atoms with E-state index in [1.165, 1.54) is 23.1 Å². The third kappa shape index (κ3) is 3.58. The van der Waals surface area contributed by atoms with Gasteiger partial charge in [-0.15, -0.1) is 0 Å². The Morgan fingerprint density at radius 3 is 2.43 bits per heavy atom. The smallest absolute Gasteiger partial charge is 0.264 e. The predicted octanol–water partition coefficient (Wildman–Crippen LogP) is 4.10. The van der Waals surface area contributed by atoms with E-state index in [-0.39, 0.29) is 11.3 Å². The Kier molecular flexibility index (Phi) is 5.33. The van der Waals surface area contributed by atoms with Crippen LogP contribution >= 0.6 is 11.6 Å². The lowest BCUT2D eigenvalue weighted by atomic mass is 9.88. The lowest BCUT2D eigenvalue weighted by molar-refractivity contribution is -0.135. The molecule has 0 radical (unpaired) electrons. The van der Waals surface area contributed by atoms with Crippen molar-refractivity contribution in [2.75, 3.05) is 11.4 Å². The van der Waals surface area contributed by atoms with Crippen molar-refractivity contribution < 1.29 is 19.8 Å². The number of nitrogens with zero attached hydrogens (tertiary/aromatic N) is 1. The number of hydrogen-bond acceptors (Lipinski definition) is 4. The summed E-state index contributed by atoms with van der Waals surface area (Å²) >= 11 is 6.13. The number of hydrogen-bond donors (Lipinski definition) is 2. The molecule has 0 unspecified atom stereocenters. The van der Waals surface area contributed by atoms with Crippen LogP contribution in [0.2, 0.25) is 5.02 Å². The highest BCUT2D eigenvalue weighted by Crippen LogP contribution is 2.44. The van der Waals surface area contributed by atoms with Gasteiger partial charge in [-0.1, -0.05) is 54.1 Å². The van der Waals surface area contributed by atoms with Crippen LogP contribution in [0.25, 0.3) is 0 Å². The maximum Gasteiger partial charge on any atom is 0.264 e. The number of Topliss-reactive ketones (excluding diaryl/α,β-unsaturated/α-hetero) is 1. The van der Waals surface area contributed by atoms with Crippen molar-refractivity contribution >= 4 is 29.0 Å². The number of fused-ring (bicyclic) bond motifs is 1. The van der Waals surface area contributed by atoms with Crippen molar-refractivity contribution in [3.63, 3.8) is 0 Å². The minimum absolute atomic E-state index is 0.0602. The van der Waals surface area contributed by atoms with Crippen LogP contribution in [0.1, 0.15) is 27.9 Å². The Hall–Kier alpha value is -3.15. The molecule has 1 aliphatic rings. The number of phenols is 1. The predicted molar refractivity (Wildman–Crippen MR) is 115 cm³/mol. The molecule has 4 rings (SSSR count). The number of amides is 1. The van der Waals surface area contributed by atoms with Crippen LogP contribution in [0, 0.1) is 0 Å². The summed E-state index contributed by atoms with van der Waals surface area (Å²) in [4.78, 5) is 27.6. The molecule has 1 heterocycles. The topological polar surface area (TPSA) is 77.8 Å². The molecular formula is C24H20ClNO4. The van der Waals surface area contributed by atoms with Gasteiger partial charge in [0.05, 0.1) is 17.7 Å². The van der Waals surface area contributed by atoms with Crippen LogP contribution in [0.5, 0.6) is 5.75 Å².